The van der Waals surface area contributed by atoms with Crippen LogP contribution in [0.4, 0.5) is 11.4 Å². The van der Waals surface area contributed by atoms with Crippen LogP contribution in [0.15, 0.2) is 42.5 Å². The van der Waals surface area contributed by atoms with Gasteiger partial charge in [0, 0.05) is 0 Å². The zero-order chi connectivity index (χ0) is 31.1. The molecular weight excluding hydrogens is 558 g/mol. The maximum Gasteiger partial charge on any atom is 0.376 e. The summed E-state index contributed by atoms with van der Waals surface area (Å²) in [6.07, 6.45) is 10.9. The molecule has 0 aromatic heterocycles. The minimum absolute atomic E-state index is 0.0873. The number of aryl methyl sites for hydroxylation is 1. The monoisotopic (exact) mass is 602 g/mol. The average molecular weight is 602 g/mol. The molecule has 4 aliphatic heterocycles. The third-order valence-corrected chi connectivity index (χ3v) is 9.00. The van der Waals surface area contributed by atoms with Crippen LogP contribution < -0.4 is 20.1 Å². The van der Waals surface area contributed by atoms with E-state index < -0.39 is 0 Å². The van der Waals surface area contributed by atoms with Gasteiger partial charge in [0.25, 0.3) is 11.8 Å². The van der Waals surface area contributed by atoms with Crippen molar-refractivity contribution < 1.29 is 29.1 Å². The third kappa shape index (κ3) is 8.88. The first kappa shape index (κ1) is 32.1. The predicted octanol–water partition coefficient (Wildman–Crippen LogP) is 3.63. The second kappa shape index (κ2) is 15.1. The van der Waals surface area contributed by atoms with E-state index in [1.54, 1.807) is 0 Å². The second-order valence-electron chi connectivity index (χ2n) is 12.3. The highest BCUT2D eigenvalue weighted by Crippen LogP contribution is 2.31. The summed E-state index contributed by atoms with van der Waals surface area (Å²) in [6, 6.07) is 11.9. The lowest BCUT2D eigenvalue weighted by Crippen LogP contribution is -2.42. The van der Waals surface area contributed by atoms with Gasteiger partial charge < -0.3 is 39.8 Å². The minimum Gasteiger partial charge on any atom is -0.482 e. The number of nitrogens with zero attached hydrogens (tertiary/aromatic N) is 2. The number of benzene rings is 2. The summed E-state index contributed by atoms with van der Waals surface area (Å²) >= 11 is 0. The van der Waals surface area contributed by atoms with Gasteiger partial charge in [0.15, 0.2) is 13.2 Å². The van der Waals surface area contributed by atoms with Crippen LogP contribution in [0.25, 0.3) is 6.08 Å². The van der Waals surface area contributed by atoms with E-state index in [-0.39, 0.29) is 39.1 Å². The Hall–Kier alpha value is -3.31. The van der Waals surface area contributed by atoms with Crippen molar-refractivity contribution in [2.45, 2.75) is 52.2 Å². The molecule has 4 aliphatic rings. The van der Waals surface area contributed by atoms with E-state index >= 15 is 0 Å². The SMILES string of the molecule is CB(O)N1CCC(C=Cc2ccc3c(c2)NC(=O)CO3)CC1.CB(O)N1CCC(CCc2ccc3c(c2)NC(=O)CO3)CC1. The summed E-state index contributed by atoms with van der Waals surface area (Å²) < 4.78 is 10.7. The lowest BCUT2D eigenvalue weighted by atomic mass is 9.80. The fraction of sp³-hybridized carbons (Fsp3) is 0.500. The molecule has 2 fully saturated rings. The Bertz CT molecular complexity index is 1320. The van der Waals surface area contributed by atoms with Crippen molar-refractivity contribution >= 4 is 43.4 Å². The molecular formula is C32H44B2N4O6. The minimum atomic E-state index is -0.353. The first-order valence-corrected chi connectivity index (χ1v) is 15.9. The lowest BCUT2D eigenvalue weighted by Gasteiger charge is -2.32. The topological polar surface area (TPSA) is 124 Å². The average Bonchev–Trinajstić information content (AvgIpc) is 3.03. The molecule has 0 aliphatic carbocycles. The molecule has 0 radical (unpaired) electrons. The van der Waals surface area contributed by atoms with Crippen LogP contribution in [0, 0.1) is 11.8 Å². The fourth-order valence-corrected chi connectivity index (χ4v) is 6.21. The first-order valence-electron chi connectivity index (χ1n) is 15.9. The largest absolute Gasteiger partial charge is 0.482 e. The molecule has 0 atom stereocenters. The number of amides is 2. The summed E-state index contributed by atoms with van der Waals surface area (Å²) in [5.41, 5.74) is 3.82. The van der Waals surface area contributed by atoms with Crippen LogP contribution in [0.2, 0.25) is 13.6 Å². The summed E-state index contributed by atoms with van der Waals surface area (Å²) in [5.74, 6) is 2.54. The molecule has 0 bridgehead atoms. The smallest absolute Gasteiger partial charge is 0.376 e. The molecule has 2 amide bonds. The highest BCUT2D eigenvalue weighted by atomic mass is 16.5. The Morgan fingerprint density at radius 1 is 0.818 bits per heavy atom. The highest BCUT2D eigenvalue weighted by Gasteiger charge is 2.25. The molecule has 4 N–H and O–H groups in total. The van der Waals surface area contributed by atoms with E-state index in [4.69, 9.17) is 9.47 Å². The van der Waals surface area contributed by atoms with Crippen molar-refractivity contribution in [3.63, 3.8) is 0 Å². The van der Waals surface area contributed by atoms with Gasteiger partial charge in [0.1, 0.15) is 11.5 Å². The van der Waals surface area contributed by atoms with E-state index in [1.807, 2.05) is 44.0 Å². The van der Waals surface area contributed by atoms with Crippen LogP contribution >= 0.6 is 0 Å². The van der Waals surface area contributed by atoms with Crippen LogP contribution in [-0.4, -0.2) is 85.0 Å². The molecule has 6 rings (SSSR count). The van der Waals surface area contributed by atoms with Gasteiger partial charge in [-0.25, -0.2) is 0 Å². The van der Waals surface area contributed by atoms with Gasteiger partial charge in [-0.15, -0.1) is 0 Å². The molecule has 10 nitrogen and oxygen atoms in total. The zero-order valence-corrected chi connectivity index (χ0v) is 25.8. The van der Waals surface area contributed by atoms with E-state index in [0.29, 0.717) is 5.92 Å². The molecule has 0 spiro atoms. The maximum atomic E-state index is 11.4. The summed E-state index contributed by atoms with van der Waals surface area (Å²) in [7, 11) is -0.681. The quantitative estimate of drug-likeness (QED) is 0.355. The number of hydrogen-bond donors (Lipinski definition) is 4. The maximum absolute atomic E-state index is 11.4. The van der Waals surface area contributed by atoms with Crippen molar-refractivity contribution in [1.82, 2.24) is 9.62 Å². The number of carbonyl (C=O) groups is 2. The Morgan fingerprint density at radius 2 is 1.36 bits per heavy atom. The molecule has 4 heterocycles. The van der Waals surface area contributed by atoms with Crippen molar-refractivity contribution in [2.24, 2.45) is 11.8 Å². The number of ether oxygens (including phenoxy) is 2. The summed E-state index contributed by atoms with van der Waals surface area (Å²) in [5, 5.41) is 24.8. The number of piperidine rings is 2. The van der Waals surface area contributed by atoms with Crippen LogP contribution in [0.5, 0.6) is 11.5 Å². The Labute approximate surface area is 261 Å². The van der Waals surface area contributed by atoms with Crippen LogP contribution in [0.3, 0.4) is 0 Å². The number of anilines is 2. The normalized spacial score (nSPS) is 19.5. The molecule has 0 saturated carbocycles. The number of rotatable bonds is 7. The number of carbonyl (C=O) groups excluding carboxylic acids is 2. The zero-order valence-electron chi connectivity index (χ0n) is 25.8. The van der Waals surface area contributed by atoms with Crippen LogP contribution in [0.1, 0.15) is 43.2 Å². The van der Waals surface area contributed by atoms with Gasteiger partial charge >= 0.3 is 14.1 Å². The standard InChI is InChI=1S/C16H23BN2O3.C16H21BN2O3/c2*1-17(21)19-8-6-12(7-9-19)2-3-13-4-5-15-14(10-13)18-16(20)11-22-15/h4-5,10,12,21H,2-3,6-9,11H2,1H3,(H,18,20);2-5,10,12,21H,6-9,11H2,1H3,(H,18,20). The van der Waals surface area contributed by atoms with Crippen LogP contribution in [-0.2, 0) is 16.0 Å². The number of fused-ring (bicyclic) bond motifs is 2. The van der Waals surface area contributed by atoms with Gasteiger partial charge in [-0.2, -0.15) is 0 Å². The van der Waals surface area contributed by atoms with Gasteiger partial charge in [0.05, 0.1) is 11.4 Å². The molecule has 234 valence electrons. The highest BCUT2D eigenvalue weighted by molar-refractivity contribution is 6.45. The van der Waals surface area contributed by atoms with Crippen molar-refractivity contribution in [2.75, 3.05) is 50.0 Å². The predicted molar refractivity (Wildman–Crippen MR) is 175 cm³/mol. The Balaban J connectivity index is 0.000000175. The molecule has 12 heteroatoms. The Morgan fingerprint density at radius 3 is 1.95 bits per heavy atom. The third-order valence-electron chi connectivity index (χ3n) is 9.00. The van der Waals surface area contributed by atoms with Gasteiger partial charge in [-0.3, -0.25) is 9.59 Å². The fourth-order valence-electron chi connectivity index (χ4n) is 6.21. The van der Waals surface area contributed by atoms with Gasteiger partial charge in [-0.1, -0.05) is 24.3 Å². The first-order chi connectivity index (χ1) is 21.2. The molecule has 44 heavy (non-hydrogen) atoms. The van der Waals surface area contributed by atoms with E-state index in [0.717, 1.165) is 99.1 Å². The summed E-state index contributed by atoms with van der Waals surface area (Å²) in [4.78, 5) is 26.9. The molecule has 2 saturated heterocycles. The number of allylic oxidation sites excluding steroid dienone is 1. The number of nitrogens with one attached hydrogen (secondary N) is 2. The molecule has 2 aromatic carbocycles. The van der Waals surface area contributed by atoms with Gasteiger partial charge in [-0.05, 0) is 126 Å². The number of hydrogen-bond acceptors (Lipinski definition) is 8. The van der Waals surface area contributed by atoms with Gasteiger partial charge in [0.2, 0.25) is 0 Å². The van der Waals surface area contributed by atoms with E-state index in [1.165, 1.54) is 5.56 Å². The van der Waals surface area contributed by atoms with Crippen molar-refractivity contribution in [3.05, 3.63) is 53.6 Å². The van der Waals surface area contributed by atoms with E-state index in [2.05, 4.69) is 38.5 Å². The molecule has 0 unspecified atom stereocenters. The van der Waals surface area contributed by atoms with Crippen molar-refractivity contribution in [1.29, 1.82) is 0 Å². The molecule has 2 aromatic rings. The van der Waals surface area contributed by atoms with E-state index in [9.17, 15) is 19.6 Å². The Kier molecular flexibility index (Phi) is 11.0. The summed E-state index contributed by atoms with van der Waals surface area (Å²) in [6.45, 7) is 7.68. The second-order valence-corrected chi connectivity index (χ2v) is 12.3. The van der Waals surface area contributed by atoms with Crippen molar-refractivity contribution in [3.8, 4) is 11.5 Å². The lowest BCUT2D eigenvalue weighted by molar-refractivity contribution is -0.119.